The van der Waals surface area contributed by atoms with Crippen LogP contribution < -0.4 is 5.73 Å². The van der Waals surface area contributed by atoms with Crippen LogP contribution in [-0.4, -0.2) is 15.8 Å². The van der Waals surface area contributed by atoms with Gasteiger partial charge >= 0.3 is 0 Å². The molecule has 1 heterocycles. The van der Waals surface area contributed by atoms with Gasteiger partial charge in [0.1, 0.15) is 0 Å². The molecule has 0 bridgehead atoms. The van der Waals surface area contributed by atoms with Crippen LogP contribution in [0.5, 0.6) is 0 Å². The molecule has 0 aromatic carbocycles. The number of halogens is 1. The Hall–Kier alpha value is -0.350. The molecule has 1 saturated carbocycles. The first-order valence-corrected chi connectivity index (χ1v) is 6.79. The summed E-state index contributed by atoms with van der Waals surface area (Å²) in [7, 11) is 2.00. The van der Waals surface area contributed by atoms with E-state index < -0.39 is 0 Å². The van der Waals surface area contributed by atoms with Gasteiger partial charge in [-0.15, -0.1) is 0 Å². The Balaban J connectivity index is 2.11. The molecule has 3 unspecified atom stereocenters. The van der Waals surface area contributed by atoms with E-state index in [1.807, 2.05) is 11.7 Å². The Morgan fingerprint density at radius 3 is 2.69 bits per heavy atom. The molecule has 1 aliphatic carbocycles. The van der Waals surface area contributed by atoms with Gasteiger partial charge in [0, 0.05) is 19.5 Å². The third-order valence-electron chi connectivity index (χ3n) is 3.65. The van der Waals surface area contributed by atoms with E-state index in [1.165, 1.54) is 12.1 Å². The molecule has 4 heteroatoms. The van der Waals surface area contributed by atoms with Crippen molar-refractivity contribution in [2.75, 3.05) is 0 Å². The van der Waals surface area contributed by atoms with Crippen LogP contribution in [0.2, 0.25) is 0 Å². The fraction of sp³-hybridized carbons (Fsp3) is 0.750. The first kappa shape index (κ1) is 12.1. The predicted octanol–water partition coefficient (Wildman–Crippen LogP) is 2.27. The third-order valence-corrected chi connectivity index (χ3v) is 4.57. The maximum absolute atomic E-state index is 6.23. The fourth-order valence-electron chi connectivity index (χ4n) is 2.36. The topological polar surface area (TPSA) is 43.8 Å². The van der Waals surface area contributed by atoms with E-state index in [9.17, 15) is 0 Å². The van der Waals surface area contributed by atoms with Crippen molar-refractivity contribution in [1.82, 2.24) is 9.78 Å². The van der Waals surface area contributed by atoms with Crippen molar-refractivity contribution in [2.45, 2.75) is 39.2 Å². The summed E-state index contributed by atoms with van der Waals surface area (Å²) in [5, 5.41) is 4.49. The highest BCUT2D eigenvalue weighted by Crippen LogP contribution is 2.41. The molecule has 0 aliphatic heterocycles. The molecule has 1 aromatic rings. The van der Waals surface area contributed by atoms with Gasteiger partial charge in [0.2, 0.25) is 0 Å². The first-order chi connectivity index (χ1) is 7.54. The van der Waals surface area contributed by atoms with Crippen molar-refractivity contribution < 1.29 is 0 Å². The van der Waals surface area contributed by atoms with Gasteiger partial charge in [-0.3, -0.25) is 4.68 Å². The molecule has 90 valence electrons. The lowest BCUT2D eigenvalue weighted by atomic mass is 10.1. The Morgan fingerprint density at radius 2 is 2.25 bits per heavy atom. The lowest BCUT2D eigenvalue weighted by Gasteiger charge is -2.11. The minimum Gasteiger partial charge on any atom is -0.327 e. The molecule has 0 amide bonds. The van der Waals surface area contributed by atoms with E-state index >= 15 is 0 Å². The molecule has 1 aromatic heterocycles. The molecule has 3 atom stereocenters. The number of hydrogen-bond donors (Lipinski definition) is 1. The molecular formula is C12H20BrN3. The number of nitrogens with two attached hydrogens (primary N) is 1. The van der Waals surface area contributed by atoms with Crippen molar-refractivity contribution >= 4 is 15.9 Å². The van der Waals surface area contributed by atoms with Gasteiger partial charge in [-0.2, -0.15) is 5.10 Å². The molecule has 1 aliphatic rings. The minimum atomic E-state index is 0.284. The quantitative estimate of drug-likeness (QED) is 0.922. The maximum atomic E-state index is 6.23. The summed E-state index contributed by atoms with van der Waals surface area (Å²) in [6.07, 6.45) is 3.18. The van der Waals surface area contributed by atoms with Crippen molar-refractivity contribution in [2.24, 2.45) is 24.6 Å². The van der Waals surface area contributed by atoms with Crippen LogP contribution in [0.25, 0.3) is 0 Å². The van der Waals surface area contributed by atoms with Crippen molar-refractivity contribution in [1.29, 1.82) is 0 Å². The summed E-state index contributed by atoms with van der Waals surface area (Å²) in [5.41, 5.74) is 8.60. The second-order valence-corrected chi connectivity index (χ2v) is 5.72. The number of hydrogen-bond acceptors (Lipinski definition) is 2. The van der Waals surface area contributed by atoms with Gasteiger partial charge in [-0.05, 0) is 40.6 Å². The monoisotopic (exact) mass is 285 g/mol. The third kappa shape index (κ3) is 2.18. The van der Waals surface area contributed by atoms with E-state index in [2.05, 4.69) is 34.9 Å². The zero-order valence-electron chi connectivity index (χ0n) is 10.2. The normalized spacial score (nSPS) is 25.8. The van der Waals surface area contributed by atoms with Gasteiger partial charge in [0.25, 0.3) is 0 Å². The average molecular weight is 286 g/mol. The number of rotatable bonds is 4. The smallest absolute Gasteiger partial charge is 0.0766 e. The molecule has 2 N–H and O–H groups in total. The zero-order valence-corrected chi connectivity index (χ0v) is 11.8. The second kappa shape index (κ2) is 4.49. The maximum Gasteiger partial charge on any atom is 0.0766 e. The van der Waals surface area contributed by atoms with Crippen LogP contribution in [0.3, 0.4) is 0 Å². The molecule has 0 saturated heterocycles. The number of aromatic nitrogens is 2. The summed E-state index contributed by atoms with van der Waals surface area (Å²) in [6.45, 7) is 4.40. The van der Waals surface area contributed by atoms with Gasteiger partial charge in [-0.25, -0.2) is 0 Å². The zero-order chi connectivity index (χ0) is 11.9. The van der Waals surface area contributed by atoms with E-state index in [0.717, 1.165) is 28.9 Å². The standard InChI is InChI=1S/C12H20BrN3/c1-4-10-12(13)11(16(3)15-10)6-9(14)8-5-7(8)2/h7-9H,4-6,14H2,1-3H3. The molecule has 2 rings (SSSR count). The minimum absolute atomic E-state index is 0.284. The highest BCUT2D eigenvalue weighted by Gasteiger charge is 2.38. The Labute approximate surface area is 106 Å². The van der Waals surface area contributed by atoms with Crippen molar-refractivity contribution in [3.05, 3.63) is 15.9 Å². The van der Waals surface area contributed by atoms with Gasteiger partial charge < -0.3 is 5.73 Å². The summed E-state index contributed by atoms with van der Waals surface area (Å²) in [4.78, 5) is 0. The average Bonchev–Trinajstić information content (AvgIpc) is 2.92. The van der Waals surface area contributed by atoms with Crippen molar-refractivity contribution in [3.63, 3.8) is 0 Å². The summed E-state index contributed by atoms with van der Waals surface area (Å²) >= 11 is 3.64. The van der Waals surface area contributed by atoms with Gasteiger partial charge in [-0.1, -0.05) is 13.8 Å². The van der Waals surface area contributed by atoms with Crippen LogP contribution in [0.4, 0.5) is 0 Å². The first-order valence-electron chi connectivity index (χ1n) is 6.00. The largest absolute Gasteiger partial charge is 0.327 e. The van der Waals surface area contributed by atoms with Gasteiger partial charge in [0.15, 0.2) is 0 Å². The number of nitrogens with zero attached hydrogens (tertiary/aromatic N) is 2. The molecular weight excluding hydrogens is 266 g/mol. The van der Waals surface area contributed by atoms with Crippen molar-refractivity contribution in [3.8, 4) is 0 Å². The van der Waals surface area contributed by atoms with Gasteiger partial charge in [0.05, 0.1) is 15.9 Å². The highest BCUT2D eigenvalue weighted by molar-refractivity contribution is 9.10. The Morgan fingerprint density at radius 1 is 1.62 bits per heavy atom. The van der Waals surface area contributed by atoms with Crippen LogP contribution >= 0.6 is 15.9 Å². The van der Waals surface area contributed by atoms with E-state index in [-0.39, 0.29) is 6.04 Å². The molecule has 0 spiro atoms. The van der Waals surface area contributed by atoms with Crippen LogP contribution in [-0.2, 0) is 19.9 Å². The lowest BCUT2D eigenvalue weighted by Crippen LogP contribution is -2.27. The SMILES string of the molecule is CCc1nn(C)c(CC(N)C2CC2C)c1Br. The van der Waals surface area contributed by atoms with Crippen LogP contribution in [0, 0.1) is 11.8 Å². The molecule has 3 nitrogen and oxygen atoms in total. The lowest BCUT2D eigenvalue weighted by molar-refractivity contribution is 0.537. The van der Waals surface area contributed by atoms with Crippen LogP contribution in [0.15, 0.2) is 4.47 Å². The summed E-state index contributed by atoms with van der Waals surface area (Å²) < 4.78 is 3.12. The second-order valence-electron chi connectivity index (χ2n) is 4.93. The number of aryl methyl sites for hydroxylation is 2. The molecule has 0 radical (unpaired) electrons. The molecule has 16 heavy (non-hydrogen) atoms. The summed E-state index contributed by atoms with van der Waals surface area (Å²) in [5.74, 6) is 1.53. The predicted molar refractivity (Wildman–Crippen MR) is 69.2 cm³/mol. The highest BCUT2D eigenvalue weighted by atomic mass is 79.9. The van der Waals surface area contributed by atoms with E-state index in [0.29, 0.717) is 5.92 Å². The van der Waals surface area contributed by atoms with Crippen LogP contribution in [0.1, 0.15) is 31.7 Å². The Kier molecular flexibility index (Phi) is 3.40. The van der Waals surface area contributed by atoms with E-state index in [4.69, 9.17) is 5.73 Å². The Bertz CT molecular complexity index is 386. The summed E-state index contributed by atoms with van der Waals surface area (Å²) in [6, 6.07) is 0.284. The van der Waals surface area contributed by atoms with E-state index in [1.54, 1.807) is 0 Å². The fourth-order valence-corrected chi connectivity index (χ4v) is 3.14. The molecule has 1 fully saturated rings.